The van der Waals surface area contributed by atoms with E-state index in [1.54, 1.807) is 0 Å². The maximum Gasteiger partial charge on any atom is 0.0359 e. The summed E-state index contributed by atoms with van der Waals surface area (Å²) in [4.78, 5) is 0.553. The monoisotopic (exact) mass is 145 g/mol. The lowest BCUT2D eigenvalue weighted by Gasteiger charge is -1.86. The van der Waals surface area contributed by atoms with E-state index in [1.807, 2.05) is 0 Å². The molecule has 0 aliphatic heterocycles. The Morgan fingerprint density at radius 1 is 1.67 bits per heavy atom. The quantitative estimate of drug-likeness (QED) is 0.361. The summed E-state index contributed by atoms with van der Waals surface area (Å²) in [5, 5.41) is 0. The summed E-state index contributed by atoms with van der Waals surface area (Å²) < 4.78 is 0. The second-order valence-electron chi connectivity index (χ2n) is 1.34. The lowest BCUT2D eigenvalue weighted by Crippen LogP contribution is -1.81. The highest BCUT2D eigenvalue weighted by Gasteiger charge is 2.01. The third-order valence-corrected chi connectivity index (χ3v) is 1.50. The maximum absolute atomic E-state index is 3.40. The van der Waals surface area contributed by atoms with Gasteiger partial charge in [0.1, 0.15) is 0 Å². The zero-order chi connectivity index (χ0) is 4.41. The molecular weight excluding hydrogens is 140 g/mol. The Hall–Kier alpha value is 0.220. The standard InChI is InChI=1S/C5H6Br/c6-5-3-1-2-4-5/h1,3-5H,2H2. The minimum atomic E-state index is 0.553. The number of allylic oxidation sites excluding steroid dienone is 2. The fraction of sp³-hybridized carbons (Fsp3) is 0.400. The first-order valence-corrected chi connectivity index (χ1v) is 2.95. The van der Waals surface area contributed by atoms with E-state index < -0.39 is 0 Å². The van der Waals surface area contributed by atoms with E-state index >= 15 is 0 Å². The van der Waals surface area contributed by atoms with Crippen LogP contribution in [0.1, 0.15) is 6.42 Å². The van der Waals surface area contributed by atoms with Crippen molar-refractivity contribution >= 4 is 15.9 Å². The minimum Gasteiger partial charge on any atom is -0.0871 e. The van der Waals surface area contributed by atoms with Crippen LogP contribution in [0.4, 0.5) is 0 Å². The number of rotatable bonds is 0. The van der Waals surface area contributed by atoms with Gasteiger partial charge in [0.2, 0.25) is 0 Å². The van der Waals surface area contributed by atoms with Crippen LogP contribution in [0.15, 0.2) is 12.2 Å². The highest BCUT2D eigenvalue weighted by atomic mass is 79.9. The number of alkyl halides is 1. The normalized spacial score (nSPS) is 31.8. The molecule has 0 heterocycles. The van der Waals surface area contributed by atoms with Gasteiger partial charge >= 0.3 is 0 Å². The molecule has 0 bridgehead atoms. The van der Waals surface area contributed by atoms with Crippen molar-refractivity contribution < 1.29 is 0 Å². The van der Waals surface area contributed by atoms with Crippen molar-refractivity contribution in [3.63, 3.8) is 0 Å². The lowest BCUT2D eigenvalue weighted by atomic mass is 10.4. The van der Waals surface area contributed by atoms with E-state index in [0.717, 1.165) is 6.42 Å². The molecule has 0 amide bonds. The summed E-state index contributed by atoms with van der Waals surface area (Å²) in [5.74, 6) is 0. The highest BCUT2D eigenvalue weighted by Crippen LogP contribution is 2.14. The van der Waals surface area contributed by atoms with Crippen LogP contribution in [-0.2, 0) is 0 Å². The van der Waals surface area contributed by atoms with Crippen LogP contribution < -0.4 is 0 Å². The molecule has 0 saturated carbocycles. The molecule has 1 unspecified atom stereocenters. The fourth-order valence-corrected chi connectivity index (χ4v) is 0.927. The molecule has 6 heavy (non-hydrogen) atoms. The maximum atomic E-state index is 3.40. The molecular formula is C5H6Br. The third kappa shape index (κ3) is 0.839. The summed E-state index contributed by atoms with van der Waals surface area (Å²) in [5.41, 5.74) is 0. The van der Waals surface area contributed by atoms with E-state index in [1.165, 1.54) is 0 Å². The second-order valence-corrected chi connectivity index (χ2v) is 2.40. The van der Waals surface area contributed by atoms with Crippen molar-refractivity contribution in [3.05, 3.63) is 18.6 Å². The summed E-state index contributed by atoms with van der Waals surface area (Å²) in [6, 6.07) is 0. The van der Waals surface area contributed by atoms with Gasteiger partial charge in [0.25, 0.3) is 0 Å². The average molecular weight is 146 g/mol. The molecule has 0 aromatic rings. The van der Waals surface area contributed by atoms with Crippen LogP contribution in [0, 0.1) is 6.42 Å². The average Bonchev–Trinajstić information content (AvgIpc) is 1.86. The Labute approximate surface area is 46.4 Å². The van der Waals surface area contributed by atoms with Crippen molar-refractivity contribution in [3.8, 4) is 0 Å². The molecule has 0 aromatic heterocycles. The van der Waals surface area contributed by atoms with Gasteiger partial charge in [-0.1, -0.05) is 28.1 Å². The number of hydrogen-bond donors (Lipinski definition) is 0. The summed E-state index contributed by atoms with van der Waals surface area (Å²) in [7, 11) is 0. The summed E-state index contributed by atoms with van der Waals surface area (Å²) in [6.45, 7) is 0. The van der Waals surface area contributed by atoms with Gasteiger partial charge in [0.05, 0.1) is 0 Å². The molecule has 1 rings (SSSR count). The van der Waals surface area contributed by atoms with Gasteiger partial charge in [-0.05, 0) is 12.8 Å². The van der Waals surface area contributed by atoms with Crippen LogP contribution in [0.2, 0.25) is 0 Å². The molecule has 0 saturated heterocycles. The van der Waals surface area contributed by atoms with E-state index in [-0.39, 0.29) is 0 Å². The van der Waals surface area contributed by atoms with Gasteiger partial charge in [-0.25, -0.2) is 0 Å². The number of halogens is 1. The summed E-state index contributed by atoms with van der Waals surface area (Å²) >= 11 is 3.40. The Morgan fingerprint density at radius 3 is 2.67 bits per heavy atom. The van der Waals surface area contributed by atoms with Gasteiger partial charge in [0, 0.05) is 4.83 Å². The van der Waals surface area contributed by atoms with Gasteiger partial charge in [-0.15, -0.1) is 0 Å². The van der Waals surface area contributed by atoms with Crippen LogP contribution in [0.5, 0.6) is 0 Å². The van der Waals surface area contributed by atoms with Crippen LogP contribution >= 0.6 is 15.9 Å². The Bertz CT molecular complexity index is 66.3. The molecule has 1 aliphatic rings. The van der Waals surface area contributed by atoms with E-state index in [0.29, 0.717) is 4.83 Å². The topological polar surface area (TPSA) is 0 Å². The third-order valence-electron chi connectivity index (χ3n) is 0.817. The van der Waals surface area contributed by atoms with Crippen molar-refractivity contribution in [1.82, 2.24) is 0 Å². The molecule has 33 valence electrons. The van der Waals surface area contributed by atoms with Crippen molar-refractivity contribution in [2.45, 2.75) is 11.2 Å². The smallest absolute Gasteiger partial charge is 0.0359 e. The van der Waals surface area contributed by atoms with Crippen molar-refractivity contribution in [1.29, 1.82) is 0 Å². The zero-order valence-electron chi connectivity index (χ0n) is 3.39. The Kier molecular flexibility index (Phi) is 1.30. The van der Waals surface area contributed by atoms with E-state index in [9.17, 15) is 0 Å². The first-order valence-electron chi connectivity index (χ1n) is 2.03. The second kappa shape index (κ2) is 1.78. The van der Waals surface area contributed by atoms with Crippen LogP contribution in [0.25, 0.3) is 0 Å². The highest BCUT2D eigenvalue weighted by molar-refractivity contribution is 9.09. The molecule has 1 aliphatic carbocycles. The van der Waals surface area contributed by atoms with Crippen molar-refractivity contribution in [2.24, 2.45) is 0 Å². The number of hydrogen-bond acceptors (Lipinski definition) is 0. The van der Waals surface area contributed by atoms with Crippen LogP contribution in [-0.4, -0.2) is 4.83 Å². The van der Waals surface area contributed by atoms with Gasteiger partial charge < -0.3 is 0 Å². The van der Waals surface area contributed by atoms with Crippen LogP contribution in [0.3, 0.4) is 0 Å². The molecule has 0 fully saturated rings. The Balaban J connectivity index is 2.38. The predicted molar refractivity (Wildman–Crippen MR) is 30.8 cm³/mol. The molecule has 0 spiro atoms. The van der Waals surface area contributed by atoms with E-state index in [2.05, 4.69) is 34.5 Å². The molecule has 0 N–H and O–H groups in total. The van der Waals surface area contributed by atoms with Crippen molar-refractivity contribution in [2.75, 3.05) is 0 Å². The summed E-state index contributed by atoms with van der Waals surface area (Å²) in [6.07, 6.45) is 7.63. The molecule has 1 atom stereocenters. The minimum absolute atomic E-state index is 0.553. The molecule has 1 radical (unpaired) electrons. The molecule has 0 nitrogen and oxygen atoms in total. The van der Waals surface area contributed by atoms with Gasteiger partial charge in [-0.2, -0.15) is 0 Å². The first-order chi connectivity index (χ1) is 2.89. The zero-order valence-corrected chi connectivity index (χ0v) is 4.98. The Morgan fingerprint density at radius 2 is 2.50 bits per heavy atom. The predicted octanol–water partition coefficient (Wildman–Crippen LogP) is 1.91. The molecule has 0 aromatic carbocycles. The lowest BCUT2D eigenvalue weighted by molar-refractivity contribution is 1.22. The SMILES string of the molecule is BrC1[CH]CC=C1. The van der Waals surface area contributed by atoms with E-state index in [4.69, 9.17) is 0 Å². The molecule has 1 heteroatoms. The fourth-order valence-electron chi connectivity index (χ4n) is 0.496. The van der Waals surface area contributed by atoms with Gasteiger partial charge in [0.15, 0.2) is 0 Å². The largest absolute Gasteiger partial charge is 0.0871 e. The first kappa shape index (κ1) is 4.38. The van der Waals surface area contributed by atoms with Gasteiger partial charge in [-0.3, -0.25) is 0 Å².